The minimum Gasteiger partial charge on any atom is -0.453 e. The number of hydrogen-bond acceptors (Lipinski definition) is 4. The van der Waals surface area contributed by atoms with E-state index in [1.807, 2.05) is 31.2 Å². The number of nitrogens with zero attached hydrogens (tertiary/aromatic N) is 1. The van der Waals surface area contributed by atoms with Crippen molar-refractivity contribution < 1.29 is 18.7 Å². The number of ether oxygens (including phenoxy) is 2. The van der Waals surface area contributed by atoms with Gasteiger partial charge >= 0.3 is 0 Å². The Morgan fingerprint density at radius 2 is 1.97 bits per heavy atom. The molecule has 0 aliphatic heterocycles. The number of rotatable bonds is 9. The summed E-state index contributed by atoms with van der Waals surface area (Å²) in [6.45, 7) is 3.46. The van der Waals surface area contributed by atoms with Gasteiger partial charge in [-0.1, -0.05) is 30.3 Å². The van der Waals surface area contributed by atoms with Crippen molar-refractivity contribution in [2.75, 3.05) is 6.61 Å². The van der Waals surface area contributed by atoms with Crippen molar-refractivity contribution in [3.8, 4) is 11.5 Å². The van der Waals surface area contributed by atoms with Crippen LogP contribution in [-0.2, 0) is 22.7 Å². The van der Waals surface area contributed by atoms with Gasteiger partial charge in [-0.25, -0.2) is 4.39 Å². The second-order valence-electron chi connectivity index (χ2n) is 6.44. The molecule has 1 amide bonds. The first-order chi connectivity index (χ1) is 14.7. The molecule has 1 heterocycles. The molecule has 0 aliphatic carbocycles. The highest BCUT2D eigenvalue weighted by molar-refractivity contribution is 5.91. The molecule has 3 rings (SSSR count). The van der Waals surface area contributed by atoms with Gasteiger partial charge in [-0.15, -0.1) is 0 Å². The molecule has 1 aromatic heterocycles. The SMILES string of the molecule is CCOCc1ccccc1CNC(=O)/C=C/c1ccc(Oc2cccnc2)c(F)c1. The first kappa shape index (κ1) is 21.2. The number of halogens is 1. The van der Waals surface area contributed by atoms with E-state index in [4.69, 9.17) is 9.47 Å². The third kappa shape index (κ3) is 6.25. The summed E-state index contributed by atoms with van der Waals surface area (Å²) in [5.74, 6) is -0.247. The van der Waals surface area contributed by atoms with E-state index >= 15 is 0 Å². The molecule has 5 nitrogen and oxygen atoms in total. The Balaban J connectivity index is 1.57. The largest absolute Gasteiger partial charge is 0.453 e. The Hall–Kier alpha value is -3.51. The zero-order chi connectivity index (χ0) is 21.2. The minimum atomic E-state index is -0.522. The standard InChI is InChI=1S/C24H23FN2O3/c1-2-29-17-20-7-4-3-6-19(20)15-27-24(28)12-10-18-9-11-23(22(25)14-18)30-21-8-5-13-26-16-21/h3-14,16H,2,15,17H2,1H3,(H,27,28)/b12-10+. The summed E-state index contributed by atoms with van der Waals surface area (Å²) in [6.07, 6.45) is 6.05. The maximum Gasteiger partial charge on any atom is 0.244 e. The summed E-state index contributed by atoms with van der Waals surface area (Å²) in [6, 6.07) is 15.7. The predicted octanol–water partition coefficient (Wildman–Crippen LogP) is 4.88. The van der Waals surface area contributed by atoms with Crippen LogP contribution in [0.2, 0.25) is 0 Å². The van der Waals surface area contributed by atoms with Gasteiger partial charge in [-0.3, -0.25) is 9.78 Å². The molecule has 0 radical (unpaired) electrons. The average Bonchev–Trinajstić information content (AvgIpc) is 2.77. The third-order valence-electron chi connectivity index (χ3n) is 4.28. The molecule has 0 saturated carbocycles. The van der Waals surface area contributed by atoms with Gasteiger partial charge in [-0.05, 0) is 54.0 Å². The highest BCUT2D eigenvalue weighted by atomic mass is 19.1. The number of carbonyl (C=O) groups excluding carboxylic acids is 1. The van der Waals surface area contributed by atoms with Crippen LogP contribution in [0.3, 0.4) is 0 Å². The Morgan fingerprint density at radius 3 is 2.70 bits per heavy atom. The summed E-state index contributed by atoms with van der Waals surface area (Å²) in [7, 11) is 0. The van der Waals surface area contributed by atoms with Gasteiger partial charge in [0.25, 0.3) is 0 Å². The molecule has 0 spiro atoms. The van der Waals surface area contributed by atoms with E-state index in [9.17, 15) is 9.18 Å². The first-order valence-corrected chi connectivity index (χ1v) is 9.63. The van der Waals surface area contributed by atoms with Crippen molar-refractivity contribution in [2.45, 2.75) is 20.1 Å². The van der Waals surface area contributed by atoms with Crippen LogP contribution in [0.1, 0.15) is 23.6 Å². The molecular weight excluding hydrogens is 383 g/mol. The van der Waals surface area contributed by atoms with E-state index in [0.29, 0.717) is 31.1 Å². The lowest BCUT2D eigenvalue weighted by Gasteiger charge is -2.10. The quantitative estimate of drug-likeness (QED) is 0.515. The molecule has 0 fully saturated rings. The number of carbonyl (C=O) groups is 1. The number of aromatic nitrogens is 1. The Bertz CT molecular complexity index is 1010. The maximum absolute atomic E-state index is 14.3. The van der Waals surface area contributed by atoms with Gasteiger partial charge in [-0.2, -0.15) is 0 Å². The fraction of sp³-hybridized carbons (Fsp3) is 0.167. The van der Waals surface area contributed by atoms with Crippen LogP contribution >= 0.6 is 0 Å². The molecule has 2 aromatic carbocycles. The zero-order valence-corrected chi connectivity index (χ0v) is 16.7. The van der Waals surface area contributed by atoms with Crippen molar-refractivity contribution in [3.05, 3.63) is 95.6 Å². The van der Waals surface area contributed by atoms with Crippen molar-refractivity contribution in [3.63, 3.8) is 0 Å². The predicted molar refractivity (Wildman–Crippen MR) is 113 cm³/mol. The van der Waals surface area contributed by atoms with Gasteiger partial charge in [0.2, 0.25) is 5.91 Å². The molecule has 0 aliphatic rings. The monoisotopic (exact) mass is 406 g/mol. The molecule has 0 bridgehead atoms. The van der Waals surface area contributed by atoms with Gasteiger partial charge in [0.1, 0.15) is 5.75 Å². The van der Waals surface area contributed by atoms with Gasteiger partial charge in [0.05, 0.1) is 12.8 Å². The van der Waals surface area contributed by atoms with Gasteiger partial charge in [0, 0.05) is 25.4 Å². The van der Waals surface area contributed by atoms with Crippen LogP contribution in [-0.4, -0.2) is 17.5 Å². The molecule has 30 heavy (non-hydrogen) atoms. The smallest absolute Gasteiger partial charge is 0.244 e. The average molecular weight is 406 g/mol. The third-order valence-corrected chi connectivity index (χ3v) is 4.28. The lowest BCUT2D eigenvalue weighted by molar-refractivity contribution is -0.116. The van der Waals surface area contributed by atoms with Crippen LogP contribution < -0.4 is 10.1 Å². The maximum atomic E-state index is 14.3. The number of nitrogens with one attached hydrogen (secondary N) is 1. The lowest BCUT2D eigenvalue weighted by atomic mass is 10.1. The summed E-state index contributed by atoms with van der Waals surface area (Å²) in [5.41, 5.74) is 2.59. The molecule has 0 saturated heterocycles. The van der Waals surface area contributed by atoms with Crippen LogP contribution in [0.4, 0.5) is 4.39 Å². The number of benzene rings is 2. The second-order valence-corrected chi connectivity index (χ2v) is 6.44. The van der Waals surface area contributed by atoms with Gasteiger partial charge in [0.15, 0.2) is 11.6 Å². The fourth-order valence-electron chi connectivity index (χ4n) is 2.73. The van der Waals surface area contributed by atoms with Crippen molar-refractivity contribution in [1.29, 1.82) is 0 Å². The second kappa shape index (κ2) is 10.9. The summed E-state index contributed by atoms with van der Waals surface area (Å²) in [5, 5.41) is 2.84. The summed E-state index contributed by atoms with van der Waals surface area (Å²) in [4.78, 5) is 16.1. The fourth-order valence-corrected chi connectivity index (χ4v) is 2.73. The topological polar surface area (TPSA) is 60.5 Å². The zero-order valence-electron chi connectivity index (χ0n) is 16.7. The van der Waals surface area contributed by atoms with Crippen LogP contribution in [0, 0.1) is 5.82 Å². The van der Waals surface area contributed by atoms with Crippen LogP contribution in [0.5, 0.6) is 11.5 Å². The lowest BCUT2D eigenvalue weighted by Crippen LogP contribution is -2.21. The normalized spacial score (nSPS) is 10.9. The van der Waals surface area contributed by atoms with Crippen molar-refractivity contribution in [1.82, 2.24) is 10.3 Å². The first-order valence-electron chi connectivity index (χ1n) is 9.63. The Kier molecular flexibility index (Phi) is 7.69. The Labute approximate surface area is 175 Å². The van der Waals surface area contributed by atoms with E-state index in [1.165, 1.54) is 24.4 Å². The molecule has 6 heteroatoms. The van der Waals surface area contributed by atoms with Gasteiger partial charge < -0.3 is 14.8 Å². The number of hydrogen-bond donors (Lipinski definition) is 1. The molecular formula is C24H23FN2O3. The van der Waals surface area contributed by atoms with E-state index in [-0.39, 0.29) is 11.7 Å². The van der Waals surface area contributed by atoms with E-state index < -0.39 is 5.82 Å². The van der Waals surface area contributed by atoms with E-state index in [2.05, 4.69) is 10.3 Å². The van der Waals surface area contributed by atoms with Crippen LogP contribution in [0.25, 0.3) is 6.08 Å². The highest BCUT2D eigenvalue weighted by Gasteiger charge is 2.06. The molecule has 154 valence electrons. The molecule has 0 unspecified atom stereocenters. The van der Waals surface area contributed by atoms with Crippen molar-refractivity contribution >= 4 is 12.0 Å². The van der Waals surface area contributed by atoms with E-state index in [0.717, 1.165) is 11.1 Å². The summed E-state index contributed by atoms with van der Waals surface area (Å²) < 4.78 is 25.2. The highest BCUT2D eigenvalue weighted by Crippen LogP contribution is 2.24. The van der Waals surface area contributed by atoms with Crippen LogP contribution in [0.15, 0.2) is 73.1 Å². The Morgan fingerprint density at radius 1 is 1.13 bits per heavy atom. The van der Waals surface area contributed by atoms with Crippen molar-refractivity contribution in [2.24, 2.45) is 0 Å². The van der Waals surface area contributed by atoms with E-state index in [1.54, 1.807) is 30.5 Å². The minimum absolute atomic E-state index is 0.0931. The molecule has 1 N–H and O–H groups in total. The summed E-state index contributed by atoms with van der Waals surface area (Å²) >= 11 is 0. The number of amides is 1. The molecule has 3 aromatic rings. The number of pyridine rings is 1. The molecule has 0 atom stereocenters.